The lowest BCUT2D eigenvalue weighted by atomic mass is 9.87. The summed E-state index contributed by atoms with van der Waals surface area (Å²) in [5.74, 6) is -1.29. The monoisotopic (exact) mass is 910 g/mol. The van der Waals surface area contributed by atoms with Crippen molar-refractivity contribution >= 4 is 69.1 Å². The number of imidazole rings is 1. The number of amides is 2. The molecule has 0 spiro atoms. The van der Waals surface area contributed by atoms with Gasteiger partial charge in [-0.3, -0.25) is 32.5 Å². The van der Waals surface area contributed by atoms with Gasteiger partial charge < -0.3 is 61.7 Å². The van der Waals surface area contributed by atoms with Crippen molar-refractivity contribution in [3.63, 3.8) is 0 Å². The Kier molecular flexibility index (Phi) is 18.3. The van der Waals surface area contributed by atoms with E-state index in [-0.39, 0.29) is 59.8 Å². The summed E-state index contributed by atoms with van der Waals surface area (Å²) in [7, 11) is -16.4. The van der Waals surface area contributed by atoms with Gasteiger partial charge in [-0.2, -0.15) is 4.31 Å². The fraction of sp³-hybridized carbons (Fsp3) is 0.714. The molecule has 2 aromatic heterocycles. The first-order valence-corrected chi connectivity index (χ1v) is 22.8. The lowest BCUT2D eigenvalue weighted by Crippen LogP contribution is -2.46. The third-order valence-corrected chi connectivity index (χ3v) is 12.1. The highest BCUT2D eigenvalue weighted by Crippen LogP contribution is 2.61. The van der Waals surface area contributed by atoms with Crippen LogP contribution in [0.2, 0.25) is 0 Å². The number of phosphoric ester groups is 3. The fourth-order valence-corrected chi connectivity index (χ4v) is 8.67. The molecular formula is C28H49N8O18P3S. The van der Waals surface area contributed by atoms with Crippen LogP contribution in [0.25, 0.3) is 11.2 Å². The van der Waals surface area contributed by atoms with E-state index in [0.29, 0.717) is 12.8 Å². The van der Waals surface area contributed by atoms with Gasteiger partial charge >= 0.3 is 23.5 Å². The molecule has 26 nitrogen and oxygen atoms in total. The van der Waals surface area contributed by atoms with Crippen molar-refractivity contribution in [3.8, 4) is 0 Å². The molecule has 0 bridgehead atoms. The number of nitrogens with zero attached hydrogens (tertiary/aromatic N) is 4. The van der Waals surface area contributed by atoms with Crippen LogP contribution in [0.15, 0.2) is 12.7 Å². The zero-order valence-corrected chi connectivity index (χ0v) is 34.9. The van der Waals surface area contributed by atoms with Crippen LogP contribution in [0.5, 0.6) is 0 Å². The minimum absolute atomic E-state index is 0.0242. The lowest BCUT2D eigenvalue weighted by Gasteiger charge is -2.30. The smallest absolute Gasteiger partial charge is 0.393 e. The predicted molar refractivity (Wildman–Crippen MR) is 201 cm³/mol. The molecule has 1 aliphatic rings. The van der Waals surface area contributed by atoms with Crippen LogP contribution in [0.4, 0.5) is 5.82 Å². The molecule has 30 heteroatoms. The molecule has 0 radical (unpaired) electrons. The number of rotatable bonds is 24. The number of carbonyl (C=O) groups excluding carboxylic acids is 3. The number of hydrogen-bond acceptors (Lipinski definition) is 20. The highest BCUT2D eigenvalue weighted by molar-refractivity contribution is 8.13. The Morgan fingerprint density at radius 2 is 1.71 bits per heavy atom. The SMILES string of the molecule is CC(N)CCC(O)CC(=O)SCCNC(=O)CCNC(=O)[C@H](O)C(C)(C)COP(=O)(O)OP(=O)(O)OC[C@H]1O[C@@H](n2cnc3c(N)ncnc32)[C@H](O)[C@@H]1OP(=O)(O)O. The molecule has 330 valence electrons. The number of nitrogen functional groups attached to an aromatic ring is 1. The van der Waals surface area contributed by atoms with Crippen molar-refractivity contribution in [3.05, 3.63) is 12.7 Å². The van der Waals surface area contributed by atoms with Gasteiger partial charge in [0.25, 0.3) is 0 Å². The quantitative estimate of drug-likeness (QED) is 0.0423. The van der Waals surface area contributed by atoms with E-state index < -0.39 is 90.7 Å². The number of aromatic nitrogens is 4. The molecule has 13 N–H and O–H groups in total. The summed E-state index contributed by atoms with van der Waals surface area (Å²) in [6, 6.07) is -0.0958. The summed E-state index contributed by atoms with van der Waals surface area (Å²) >= 11 is 0.942. The fourth-order valence-electron chi connectivity index (χ4n) is 5.10. The number of nitrogens with two attached hydrogens (primary N) is 2. The zero-order chi connectivity index (χ0) is 43.6. The molecule has 1 fully saturated rings. The summed E-state index contributed by atoms with van der Waals surface area (Å²) in [6.07, 6.45) is -6.91. The molecule has 0 aromatic carbocycles. The van der Waals surface area contributed by atoms with E-state index in [4.69, 9.17) is 25.3 Å². The normalized spacial score (nSPS) is 22.5. The molecule has 4 unspecified atom stereocenters. The van der Waals surface area contributed by atoms with Crippen molar-refractivity contribution in [1.29, 1.82) is 0 Å². The molecular weight excluding hydrogens is 861 g/mol. The number of thioether (sulfide) groups is 1. The molecule has 2 aromatic rings. The summed E-state index contributed by atoms with van der Waals surface area (Å²) in [4.78, 5) is 87.6. The van der Waals surface area contributed by atoms with Crippen molar-refractivity contribution in [2.45, 2.75) is 89.2 Å². The highest BCUT2D eigenvalue weighted by atomic mass is 32.2. The standard InChI is InChI=1S/C28H49N8O18P3S/c1-15(29)4-5-16(37)10-19(39)58-9-8-31-18(38)6-7-32-26(42)23(41)28(2,3)12-51-57(48,49)54-56(46,47)50-11-17-22(53-55(43,44)45)21(40)27(52-17)36-14-35-20-24(30)33-13-34-25(20)36/h13-17,21-23,27,37,40-41H,4-12,29H2,1-3H3,(H,31,38)(H,32,42)(H,46,47)(H,48,49)(H2,30,33,34)(H2,43,44,45)/t15?,16?,17-,21-,22-,23+,27-/m1/s1. The largest absolute Gasteiger partial charge is 0.481 e. The van der Waals surface area contributed by atoms with Crippen molar-refractivity contribution in [2.24, 2.45) is 11.1 Å². The minimum atomic E-state index is -5.58. The molecule has 2 amide bonds. The Balaban J connectivity index is 1.45. The average molecular weight is 911 g/mol. The summed E-state index contributed by atoms with van der Waals surface area (Å²) < 4.78 is 62.1. The van der Waals surface area contributed by atoms with Crippen molar-refractivity contribution in [2.75, 3.05) is 37.8 Å². The van der Waals surface area contributed by atoms with Crippen LogP contribution in [-0.4, -0.2) is 140 Å². The maximum atomic E-state index is 12.7. The third kappa shape index (κ3) is 15.8. The second-order valence-electron chi connectivity index (χ2n) is 13.7. The highest BCUT2D eigenvalue weighted by Gasteiger charge is 2.50. The van der Waals surface area contributed by atoms with Gasteiger partial charge in [0.2, 0.25) is 11.8 Å². The summed E-state index contributed by atoms with van der Waals surface area (Å²) in [5.41, 5.74) is 9.86. The van der Waals surface area contributed by atoms with E-state index in [0.717, 1.165) is 29.0 Å². The van der Waals surface area contributed by atoms with Gasteiger partial charge in [0.05, 0.1) is 25.6 Å². The topological polar surface area (TPSA) is 410 Å². The third-order valence-electron chi connectivity index (χ3n) is 8.12. The predicted octanol–water partition coefficient (Wildman–Crippen LogP) is -1.46. The van der Waals surface area contributed by atoms with Crippen LogP contribution in [0, 0.1) is 5.41 Å². The van der Waals surface area contributed by atoms with Gasteiger partial charge in [0, 0.05) is 43.1 Å². The van der Waals surface area contributed by atoms with Gasteiger partial charge in [0.1, 0.15) is 36.3 Å². The first-order chi connectivity index (χ1) is 26.8. The Hall–Kier alpha value is -2.52. The summed E-state index contributed by atoms with van der Waals surface area (Å²) in [6.45, 7) is 2.12. The Bertz CT molecular complexity index is 1870. The van der Waals surface area contributed by atoms with Crippen LogP contribution < -0.4 is 22.1 Å². The first kappa shape index (κ1) is 49.8. The molecule has 1 aliphatic heterocycles. The zero-order valence-electron chi connectivity index (χ0n) is 31.4. The van der Waals surface area contributed by atoms with Crippen LogP contribution >= 0.6 is 35.2 Å². The van der Waals surface area contributed by atoms with Gasteiger partial charge in [-0.25, -0.2) is 28.6 Å². The number of aliphatic hydroxyl groups is 3. The van der Waals surface area contributed by atoms with Gasteiger partial charge in [-0.15, -0.1) is 0 Å². The van der Waals surface area contributed by atoms with Crippen molar-refractivity contribution < 1.29 is 85.6 Å². The second-order valence-corrected chi connectivity index (χ2v) is 19.1. The number of ether oxygens (including phenoxy) is 1. The van der Waals surface area contributed by atoms with E-state index in [1.54, 1.807) is 6.92 Å². The number of phosphoric acid groups is 3. The van der Waals surface area contributed by atoms with E-state index in [2.05, 4.69) is 34.4 Å². The van der Waals surface area contributed by atoms with E-state index >= 15 is 0 Å². The van der Waals surface area contributed by atoms with Gasteiger partial charge in [-0.1, -0.05) is 25.6 Å². The molecule has 9 atom stereocenters. The Labute approximate surface area is 335 Å². The lowest BCUT2D eigenvalue weighted by molar-refractivity contribution is -0.137. The Morgan fingerprint density at radius 1 is 1.03 bits per heavy atom. The van der Waals surface area contributed by atoms with Crippen LogP contribution in [-0.2, 0) is 50.7 Å². The molecule has 0 aliphatic carbocycles. The number of carbonyl (C=O) groups is 3. The molecule has 0 saturated carbocycles. The molecule has 58 heavy (non-hydrogen) atoms. The minimum Gasteiger partial charge on any atom is -0.393 e. The Morgan fingerprint density at radius 3 is 2.36 bits per heavy atom. The summed E-state index contributed by atoms with van der Waals surface area (Å²) in [5, 5.41) is 36.0. The van der Waals surface area contributed by atoms with Gasteiger partial charge in [0.15, 0.2) is 22.8 Å². The van der Waals surface area contributed by atoms with Crippen LogP contribution in [0.1, 0.15) is 52.7 Å². The number of hydrogen-bond donors (Lipinski definition) is 11. The molecule has 3 rings (SSSR count). The molecule has 3 heterocycles. The van der Waals surface area contributed by atoms with Gasteiger partial charge in [-0.05, 0) is 19.8 Å². The number of aliphatic hydroxyl groups excluding tert-OH is 3. The van der Waals surface area contributed by atoms with Crippen molar-refractivity contribution in [1.82, 2.24) is 30.2 Å². The van der Waals surface area contributed by atoms with Crippen LogP contribution in [0.3, 0.4) is 0 Å². The van der Waals surface area contributed by atoms with E-state index in [9.17, 15) is 63.0 Å². The number of nitrogens with one attached hydrogen (secondary N) is 2. The van der Waals surface area contributed by atoms with E-state index in [1.165, 1.54) is 13.8 Å². The average Bonchev–Trinajstić information content (AvgIpc) is 3.67. The molecule has 1 saturated heterocycles. The van der Waals surface area contributed by atoms with E-state index in [1.807, 2.05) is 0 Å². The maximum Gasteiger partial charge on any atom is 0.481 e. The number of anilines is 1. The number of fused-ring (bicyclic) bond motifs is 1. The maximum absolute atomic E-state index is 12.7. The second kappa shape index (κ2) is 21.3. The first-order valence-electron chi connectivity index (χ1n) is 17.3.